The molecule has 1 aromatic carbocycles. The maximum Gasteiger partial charge on any atom is 0.0663 e. The van der Waals surface area contributed by atoms with Crippen molar-refractivity contribution < 1.29 is 5.11 Å². The Kier molecular flexibility index (Phi) is 2.56. The normalized spacial score (nSPS) is 41.9. The number of hydrogen-bond acceptors (Lipinski definition) is 2. The van der Waals surface area contributed by atoms with Crippen LogP contribution in [0.2, 0.25) is 0 Å². The van der Waals surface area contributed by atoms with Gasteiger partial charge in [-0.05, 0) is 43.6 Å². The van der Waals surface area contributed by atoms with Crippen molar-refractivity contribution in [2.24, 2.45) is 22.7 Å². The first-order chi connectivity index (χ1) is 9.22. The van der Waals surface area contributed by atoms with Crippen LogP contribution in [-0.4, -0.2) is 16.4 Å². The molecular weight excluding hydrogens is 234 g/mol. The van der Waals surface area contributed by atoms with Crippen LogP contribution in [0.15, 0.2) is 35.3 Å². The molecule has 2 heteroatoms. The molecule has 4 atom stereocenters. The summed E-state index contributed by atoms with van der Waals surface area (Å²) in [4.78, 5) is 4.93. The van der Waals surface area contributed by atoms with E-state index in [-0.39, 0.29) is 5.60 Å². The van der Waals surface area contributed by atoms with Crippen molar-refractivity contribution in [1.29, 1.82) is 0 Å². The molecule has 100 valence electrons. The van der Waals surface area contributed by atoms with E-state index in [2.05, 4.69) is 30.3 Å². The van der Waals surface area contributed by atoms with Crippen molar-refractivity contribution in [3.05, 3.63) is 35.9 Å². The van der Waals surface area contributed by atoms with Gasteiger partial charge in [-0.25, -0.2) is 0 Å². The molecule has 19 heavy (non-hydrogen) atoms. The van der Waals surface area contributed by atoms with Gasteiger partial charge in [0.25, 0.3) is 0 Å². The quantitative estimate of drug-likeness (QED) is 0.865. The van der Waals surface area contributed by atoms with E-state index in [1.165, 1.54) is 24.1 Å². The molecule has 0 heterocycles. The zero-order chi connectivity index (χ0) is 12.9. The van der Waals surface area contributed by atoms with Gasteiger partial charge in [0, 0.05) is 17.5 Å². The number of aliphatic imine (C=N–C) groups is 1. The lowest BCUT2D eigenvalue weighted by atomic mass is 9.53. The largest absolute Gasteiger partial charge is 0.390 e. The molecule has 1 N–H and O–H groups in total. The van der Waals surface area contributed by atoms with Crippen LogP contribution < -0.4 is 0 Å². The Morgan fingerprint density at radius 2 is 1.74 bits per heavy atom. The molecule has 4 aliphatic rings. The summed E-state index contributed by atoms with van der Waals surface area (Å²) in [5.74, 6) is 1.90. The van der Waals surface area contributed by atoms with Crippen molar-refractivity contribution in [2.45, 2.75) is 44.2 Å². The first-order valence-corrected chi connectivity index (χ1v) is 7.52. The number of benzene rings is 1. The molecule has 5 rings (SSSR count). The van der Waals surface area contributed by atoms with E-state index in [4.69, 9.17) is 4.99 Å². The average molecular weight is 255 g/mol. The zero-order valence-electron chi connectivity index (χ0n) is 11.3. The highest BCUT2D eigenvalue weighted by molar-refractivity contribution is 5.91. The molecule has 4 saturated carbocycles. The van der Waals surface area contributed by atoms with Crippen molar-refractivity contribution in [1.82, 2.24) is 0 Å². The van der Waals surface area contributed by atoms with Gasteiger partial charge >= 0.3 is 0 Å². The van der Waals surface area contributed by atoms with Gasteiger partial charge in [-0.1, -0.05) is 30.3 Å². The molecule has 1 aromatic rings. The predicted molar refractivity (Wildman–Crippen MR) is 76.1 cm³/mol. The fourth-order valence-corrected chi connectivity index (χ4v) is 4.75. The zero-order valence-corrected chi connectivity index (χ0v) is 11.3. The molecule has 0 aromatic heterocycles. The maximum atomic E-state index is 10.6. The third-order valence-corrected chi connectivity index (χ3v) is 5.28. The van der Waals surface area contributed by atoms with Crippen LogP contribution >= 0.6 is 0 Å². The first-order valence-electron chi connectivity index (χ1n) is 7.52. The second-order valence-electron chi connectivity index (χ2n) is 6.79. The van der Waals surface area contributed by atoms with Gasteiger partial charge in [-0.3, -0.25) is 4.99 Å². The highest BCUT2D eigenvalue weighted by Crippen LogP contribution is 2.54. The van der Waals surface area contributed by atoms with Crippen LogP contribution in [-0.2, 0) is 6.54 Å². The summed E-state index contributed by atoms with van der Waals surface area (Å²) in [5, 5.41) is 10.6. The van der Waals surface area contributed by atoms with Crippen molar-refractivity contribution in [3.8, 4) is 0 Å². The SMILES string of the molecule is O[C@@]12C[C@H]3C[C@H](C1)C(=NCc1ccccc1)[C@@H](C3)C2. The number of aliphatic hydroxyl groups is 1. The lowest BCUT2D eigenvalue weighted by Crippen LogP contribution is -2.55. The molecular formula is C17H21NO. The Morgan fingerprint density at radius 1 is 1.05 bits per heavy atom. The maximum absolute atomic E-state index is 10.6. The van der Waals surface area contributed by atoms with Crippen LogP contribution in [0, 0.1) is 17.8 Å². The molecule has 4 aliphatic carbocycles. The molecule has 0 spiro atoms. The van der Waals surface area contributed by atoms with E-state index in [0.717, 1.165) is 31.7 Å². The number of hydrogen-bond donors (Lipinski definition) is 1. The molecule has 0 unspecified atom stereocenters. The van der Waals surface area contributed by atoms with E-state index >= 15 is 0 Å². The predicted octanol–water partition coefficient (Wildman–Crippen LogP) is 3.20. The third kappa shape index (κ3) is 2.02. The molecule has 0 aliphatic heterocycles. The van der Waals surface area contributed by atoms with Crippen molar-refractivity contribution in [3.63, 3.8) is 0 Å². The van der Waals surface area contributed by atoms with Gasteiger partial charge < -0.3 is 5.11 Å². The fraction of sp³-hybridized carbons (Fsp3) is 0.588. The second kappa shape index (κ2) is 4.17. The van der Waals surface area contributed by atoms with Crippen LogP contribution in [0.4, 0.5) is 0 Å². The molecule has 0 saturated heterocycles. The summed E-state index contributed by atoms with van der Waals surface area (Å²) in [5.41, 5.74) is 2.37. The van der Waals surface area contributed by atoms with Crippen LogP contribution in [0.5, 0.6) is 0 Å². The number of nitrogens with zero attached hydrogens (tertiary/aromatic N) is 1. The Labute approximate surface area is 114 Å². The molecule has 0 radical (unpaired) electrons. The molecule has 2 nitrogen and oxygen atoms in total. The minimum Gasteiger partial charge on any atom is -0.390 e. The van der Waals surface area contributed by atoms with E-state index < -0.39 is 0 Å². The van der Waals surface area contributed by atoms with Gasteiger partial charge in [0.1, 0.15) is 0 Å². The Hall–Kier alpha value is -1.15. The lowest BCUT2D eigenvalue weighted by molar-refractivity contribution is -0.0825. The summed E-state index contributed by atoms with van der Waals surface area (Å²) in [7, 11) is 0. The van der Waals surface area contributed by atoms with Crippen LogP contribution in [0.1, 0.15) is 37.7 Å². The number of rotatable bonds is 2. The fourth-order valence-electron chi connectivity index (χ4n) is 4.75. The summed E-state index contributed by atoms with van der Waals surface area (Å²) in [6.07, 6.45) is 5.52. The summed E-state index contributed by atoms with van der Waals surface area (Å²) in [6, 6.07) is 10.5. The van der Waals surface area contributed by atoms with Gasteiger partial charge in [-0.15, -0.1) is 0 Å². The minimum absolute atomic E-state index is 0.345. The van der Waals surface area contributed by atoms with E-state index in [1.54, 1.807) is 0 Å². The average Bonchev–Trinajstić information content (AvgIpc) is 2.37. The van der Waals surface area contributed by atoms with Crippen molar-refractivity contribution in [2.75, 3.05) is 0 Å². The molecule has 4 fully saturated rings. The van der Waals surface area contributed by atoms with E-state index in [9.17, 15) is 5.11 Å². The molecule has 4 bridgehead atoms. The summed E-state index contributed by atoms with van der Waals surface area (Å²) in [6.45, 7) is 0.812. The summed E-state index contributed by atoms with van der Waals surface area (Å²) < 4.78 is 0. The lowest BCUT2D eigenvalue weighted by Gasteiger charge is -2.54. The smallest absolute Gasteiger partial charge is 0.0663 e. The first kappa shape index (κ1) is 11.7. The topological polar surface area (TPSA) is 32.6 Å². The van der Waals surface area contributed by atoms with Crippen LogP contribution in [0.25, 0.3) is 0 Å². The summed E-state index contributed by atoms with van der Waals surface area (Å²) >= 11 is 0. The Balaban J connectivity index is 1.56. The third-order valence-electron chi connectivity index (χ3n) is 5.28. The highest BCUT2D eigenvalue weighted by Gasteiger charge is 2.53. The van der Waals surface area contributed by atoms with E-state index in [1.807, 2.05) is 0 Å². The Bertz CT molecular complexity index is 489. The van der Waals surface area contributed by atoms with Gasteiger partial charge in [0.05, 0.1) is 12.1 Å². The Morgan fingerprint density at radius 3 is 2.37 bits per heavy atom. The van der Waals surface area contributed by atoms with Crippen LogP contribution in [0.3, 0.4) is 0 Å². The minimum atomic E-state index is -0.345. The second-order valence-corrected chi connectivity index (χ2v) is 6.79. The standard InChI is InChI=1S/C17H21NO/c19-17-8-13-6-14(9-17)16(15(7-13)10-17)18-11-12-4-2-1-3-5-12/h1-5,13-15,19H,6-11H2/t13-,14+,15-,17-. The van der Waals surface area contributed by atoms with Gasteiger partial charge in [0.2, 0.25) is 0 Å². The van der Waals surface area contributed by atoms with E-state index in [0.29, 0.717) is 11.8 Å². The molecule has 0 amide bonds. The monoisotopic (exact) mass is 255 g/mol. The van der Waals surface area contributed by atoms with Gasteiger partial charge in [0.15, 0.2) is 0 Å². The van der Waals surface area contributed by atoms with Gasteiger partial charge in [-0.2, -0.15) is 0 Å². The van der Waals surface area contributed by atoms with Crippen molar-refractivity contribution >= 4 is 5.71 Å². The highest BCUT2D eigenvalue weighted by atomic mass is 16.3.